The number of nitrogens with zero attached hydrogens (tertiary/aromatic N) is 4. The molecular weight excluding hydrogens is 500 g/mol. The van der Waals surface area contributed by atoms with Crippen LogP contribution in [0.3, 0.4) is 0 Å². The Morgan fingerprint density at radius 1 is 0.829 bits per heavy atom. The van der Waals surface area contributed by atoms with Crippen molar-refractivity contribution in [3.63, 3.8) is 0 Å². The number of benzene rings is 2. The molecule has 4 rings (SSSR count). The number of carbonyl (C=O) groups is 1. The van der Waals surface area contributed by atoms with Crippen molar-refractivity contribution in [3.8, 4) is 11.6 Å². The maximum atomic E-state index is 13.0. The maximum Gasteiger partial charge on any atom is 0.294 e. The summed E-state index contributed by atoms with van der Waals surface area (Å²) in [5, 5.41) is 20.2. The Hall–Kier alpha value is -3.85. The molecule has 14 heteroatoms. The quantitative estimate of drug-likeness (QED) is 0.337. The Balaban J connectivity index is 1.67. The molecule has 2 aromatic carbocycles. The molecule has 0 spiro atoms. The van der Waals surface area contributed by atoms with E-state index in [9.17, 15) is 26.7 Å². The number of amides is 1. The van der Waals surface area contributed by atoms with E-state index in [1.54, 1.807) is 13.8 Å². The Morgan fingerprint density at radius 3 is 1.80 bits per heavy atom. The van der Waals surface area contributed by atoms with Gasteiger partial charge in [-0.05, 0) is 68.5 Å². The summed E-state index contributed by atoms with van der Waals surface area (Å²) < 4.78 is 64.3. The SMILES string of the molecule is CC1=NN(c2ccc(S(=O)(=O)O)cc2)C(=O)/C1=C/c1c(C)nn(-c2ccc(S(=O)(=O)O)cc2)c1O. The maximum absolute atomic E-state index is 13.0. The molecule has 1 aromatic heterocycles. The summed E-state index contributed by atoms with van der Waals surface area (Å²) in [6.07, 6.45) is 1.41. The minimum atomic E-state index is -4.39. The van der Waals surface area contributed by atoms with Gasteiger partial charge in [-0.3, -0.25) is 13.9 Å². The van der Waals surface area contributed by atoms with Crippen LogP contribution in [0.5, 0.6) is 5.88 Å². The molecule has 0 fully saturated rings. The Kier molecular flexibility index (Phi) is 5.84. The predicted molar refractivity (Wildman–Crippen MR) is 125 cm³/mol. The highest BCUT2D eigenvalue weighted by Gasteiger charge is 2.30. The van der Waals surface area contributed by atoms with Crippen LogP contribution in [0.15, 0.2) is 69.0 Å². The van der Waals surface area contributed by atoms with E-state index >= 15 is 0 Å². The van der Waals surface area contributed by atoms with E-state index < -0.39 is 26.1 Å². The summed E-state index contributed by atoms with van der Waals surface area (Å²) in [6, 6.07) is 9.91. The van der Waals surface area contributed by atoms with Crippen LogP contribution in [-0.4, -0.2) is 52.4 Å². The van der Waals surface area contributed by atoms with Crippen molar-refractivity contribution in [2.75, 3.05) is 5.01 Å². The van der Waals surface area contributed by atoms with Gasteiger partial charge < -0.3 is 5.11 Å². The second-order valence-corrected chi connectivity index (χ2v) is 10.4. The molecule has 0 radical (unpaired) electrons. The van der Waals surface area contributed by atoms with Crippen molar-refractivity contribution < 1.29 is 35.8 Å². The lowest BCUT2D eigenvalue weighted by atomic mass is 10.1. The van der Waals surface area contributed by atoms with Crippen molar-refractivity contribution in [2.24, 2.45) is 5.10 Å². The largest absolute Gasteiger partial charge is 0.493 e. The van der Waals surface area contributed by atoms with Gasteiger partial charge in [0, 0.05) is 0 Å². The van der Waals surface area contributed by atoms with Crippen LogP contribution in [-0.2, 0) is 25.0 Å². The zero-order valence-corrected chi connectivity index (χ0v) is 19.8. The molecule has 2 heterocycles. The summed E-state index contributed by atoms with van der Waals surface area (Å²) in [5.41, 5.74) is 1.66. The minimum Gasteiger partial charge on any atom is -0.493 e. The van der Waals surface area contributed by atoms with Crippen LogP contribution < -0.4 is 5.01 Å². The fourth-order valence-electron chi connectivity index (χ4n) is 3.40. The highest BCUT2D eigenvalue weighted by molar-refractivity contribution is 7.86. The van der Waals surface area contributed by atoms with Crippen molar-refractivity contribution in [1.29, 1.82) is 0 Å². The zero-order valence-electron chi connectivity index (χ0n) is 18.2. The molecule has 1 aliphatic rings. The smallest absolute Gasteiger partial charge is 0.294 e. The zero-order chi connectivity index (χ0) is 25.7. The topological polar surface area (TPSA) is 179 Å². The number of hydrazone groups is 1. The van der Waals surface area contributed by atoms with Crippen LogP contribution in [0, 0.1) is 6.92 Å². The standard InChI is InChI=1S/C21H18N4O8S2/c1-12-18(20(26)24(22-12)14-3-7-16(8-4-14)34(28,29)30)11-19-13(2)23-25(21(19)27)15-5-9-17(10-6-15)35(31,32)33/h3-11,26H,1-2H3,(H,28,29,30)(H,31,32,33)/b19-11+. The first-order chi connectivity index (χ1) is 16.3. The molecule has 0 bridgehead atoms. The first-order valence-electron chi connectivity index (χ1n) is 9.83. The normalized spacial score (nSPS) is 15.7. The minimum absolute atomic E-state index is 0.156. The Labute approximate surface area is 199 Å². The van der Waals surface area contributed by atoms with E-state index in [0.29, 0.717) is 17.1 Å². The summed E-state index contributed by atoms with van der Waals surface area (Å²) >= 11 is 0. The van der Waals surface area contributed by atoms with E-state index in [4.69, 9.17) is 9.11 Å². The van der Waals surface area contributed by atoms with Gasteiger partial charge in [-0.25, -0.2) is 4.68 Å². The van der Waals surface area contributed by atoms with Crippen LogP contribution in [0.1, 0.15) is 18.2 Å². The average Bonchev–Trinajstić information content (AvgIpc) is 3.23. The van der Waals surface area contributed by atoms with Crippen LogP contribution >= 0.6 is 0 Å². The predicted octanol–water partition coefficient (Wildman–Crippen LogP) is 2.19. The van der Waals surface area contributed by atoms with Gasteiger partial charge >= 0.3 is 0 Å². The number of aryl methyl sites for hydroxylation is 1. The molecule has 182 valence electrons. The lowest BCUT2D eigenvalue weighted by Crippen LogP contribution is -2.21. The van der Waals surface area contributed by atoms with E-state index in [0.717, 1.165) is 34.0 Å². The summed E-state index contributed by atoms with van der Waals surface area (Å²) in [6.45, 7) is 3.19. The molecule has 35 heavy (non-hydrogen) atoms. The van der Waals surface area contributed by atoms with Crippen LogP contribution in [0.4, 0.5) is 5.69 Å². The number of rotatable bonds is 5. The van der Waals surface area contributed by atoms with Gasteiger partial charge in [0.15, 0.2) is 0 Å². The molecular formula is C21H18N4O8S2. The second-order valence-electron chi connectivity index (χ2n) is 7.53. The van der Waals surface area contributed by atoms with Crippen molar-refractivity contribution >= 4 is 43.6 Å². The van der Waals surface area contributed by atoms with E-state index in [-0.39, 0.29) is 32.5 Å². The number of carbonyl (C=O) groups excluding carboxylic acids is 1. The molecule has 0 saturated heterocycles. The first kappa shape index (κ1) is 24.3. The van der Waals surface area contributed by atoms with Gasteiger partial charge in [-0.2, -0.15) is 32.0 Å². The fraction of sp³-hybridized carbons (Fsp3) is 0.0952. The molecule has 3 aromatic rings. The molecule has 0 atom stereocenters. The number of anilines is 1. The second kappa shape index (κ2) is 8.42. The van der Waals surface area contributed by atoms with Gasteiger partial charge in [0.05, 0.1) is 43.7 Å². The lowest BCUT2D eigenvalue weighted by molar-refractivity contribution is -0.114. The van der Waals surface area contributed by atoms with Gasteiger partial charge in [-0.15, -0.1) is 0 Å². The average molecular weight is 519 g/mol. The number of hydrogen-bond donors (Lipinski definition) is 3. The molecule has 0 unspecified atom stereocenters. The van der Waals surface area contributed by atoms with Crippen molar-refractivity contribution in [3.05, 3.63) is 65.4 Å². The molecule has 1 aliphatic heterocycles. The van der Waals surface area contributed by atoms with Gasteiger partial charge in [0.1, 0.15) is 0 Å². The van der Waals surface area contributed by atoms with E-state index in [1.807, 2.05) is 0 Å². The third-order valence-corrected chi connectivity index (χ3v) is 6.93. The van der Waals surface area contributed by atoms with E-state index in [1.165, 1.54) is 30.3 Å². The molecule has 0 saturated carbocycles. The van der Waals surface area contributed by atoms with Gasteiger partial charge in [0.25, 0.3) is 26.1 Å². The first-order valence-corrected chi connectivity index (χ1v) is 12.7. The molecule has 12 nitrogen and oxygen atoms in total. The number of hydrogen-bond acceptors (Lipinski definition) is 8. The summed E-state index contributed by atoms with van der Waals surface area (Å²) in [7, 11) is -8.77. The monoisotopic (exact) mass is 518 g/mol. The number of aromatic nitrogens is 2. The highest BCUT2D eigenvalue weighted by Crippen LogP contribution is 2.31. The van der Waals surface area contributed by atoms with E-state index in [2.05, 4.69) is 10.2 Å². The molecule has 3 N–H and O–H groups in total. The third kappa shape index (κ3) is 4.59. The van der Waals surface area contributed by atoms with Crippen molar-refractivity contribution in [2.45, 2.75) is 23.6 Å². The summed E-state index contributed by atoms with van der Waals surface area (Å²) in [4.78, 5) is 12.4. The molecule has 1 amide bonds. The molecule has 0 aliphatic carbocycles. The Bertz CT molecular complexity index is 1620. The number of aromatic hydroxyl groups is 1. The lowest BCUT2D eigenvalue weighted by Gasteiger charge is -2.12. The van der Waals surface area contributed by atoms with Crippen LogP contribution in [0.25, 0.3) is 11.8 Å². The highest BCUT2D eigenvalue weighted by atomic mass is 32.2. The van der Waals surface area contributed by atoms with Gasteiger partial charge in [0.2, 0.25) is 5.88 Å². The third-order valence-electron chi connectivity index (χ3n) is 5.19. The van der Waals surface area contributed by atoms with Crippen LogP contribution in [0.2, 0.25) is 0 Å². The fourth-order valence-corrected chi connectivity index (χ4v) is 4.36. The van der Waals surface area contributed by atoms with Gasteiger partial charge in [-0.1, -0.05) is 0 Å². The summed E-state index contributed by atoms with van der Waals surface area (Å²) in [5.74, 6) is -0.850. The Morgan fingerprint density at radius 2 is 1.31 bits per heavy atom. The van der Waals surface area contributed by atoms with Crippen molar-refractivity contribution in [1.82, 2.24) is 9.78 Å².